The summed E-state index contributed by atoms with van der Waals surface area (Å²) in [6, 6.07) is 6.30. The molecule has 0 saturated carbocycles. The molecule has 21 heavy (non-hydrogen) atoms. The van der Waals surface area contributed by atoms with Gasteiger partial charge in [0.05, 0.1) is 6.20 Å². The molecule has 2 heterocycles. The molecular formula is C15H16FN5. The van der Waals surface area contributed by atoms with Gasteiger partial charge in [0.2, 0.25) is 0 Å². The maximum atomic E-state index is 13.1. The highest BCUT2D eigenvalue weighted by molar-refractivity contribution is 5.73. The molecule has 1 aromatic carbocycles. The van der Waals surface area contributed by atoms with E-state index >= 15 is 0 Å². The van der Waals surface area contributed by atoms with Crippen LogP contribution in [0, 0.1) is 5.82 Å². The van der Waals surface area contributed by atoms with Crippen molar-refractivity contribution in [3.63, 3.8) is 0 Å². The first-order chi connectivity index (χ1) is 10.2. The van der Waals surface area contributed by atoms with E-state index in [-0.39, 0.29) is 5.82 Å². The average molecular weight is 285 g/mol. The molecule has 0 amide bonds. The van der Waals surface area contributed by atoms with Crippen molar-refractivity contribution in [2.45, 2.75) is 6.92 Å². The van der Waals surface area contributed by atoms with E-state index in [2.05, 4.69) is 15.3 Å². The van der Waals surface area contributed by atoms with Gasteiger partial charge in [-0.2, -0.15) is 0 Å². The van der Waals surface area contributed by atoms with Crippen LogP contribution in [0.2, 0.25) is 0 Å². The molecule has 3 aromatic rings. The lowest BCUT2D eigenvalue weighted by atomic mass is 10.3. The Hall–Kier alpha value is -2.63. The van der Waals surface area contributed by atoms with Crippen LogP contribution in [0.1, 0.15) is 6.92 Å². The molecule has 0 saturated heterocycles. The molecule has 0 fully saturated rings. The highest BCUT2D eigenvalue weighted by atomic mass is 19.1. The number of rotatable bonds is 4. The van der Waals surface area contributed by atoms with Gasteiger partial charge in [0.25, 0.3) is 0 Å². The van der Waals surface area contributed by atoms with Crippen molar-refractivity contribution >= 4 is 23.0 Å². The first-order valence-electron chi connectivity index (χ1n) is 6.76. The first-order valence-corrected chi connectivity index (χ1v) is 6.76. The van der Waals surface area contributed by atoms with Crippen LogP contribution < -0.4 is 10.2 Å². The molecular weight excluding hydrogens is 269 g/mol. The van der Waals surface area contributed by atoms with Gasteiger partial charge in [-0.15, -0.1) is 0 Å². The monoisotopic (exact) mass is 285 g/mol. The van der Waals surface area contributed by atoms with E-state index in [4.69, 9.17) is 0 Å². The molecule has 0 radical (unpaired) electrons. The summed E-state index contributed by atoms with van der Waals surface area (Å²) >= 11 is 0. The third-order valence-electron chi connectivity index (χ3n) is 3.25. The second kappa shape index (κ2) is 5.40. The standard InChI is InChI=1S/C15H16FN5/c1-3-17-13-10-21-9-8-18-14(21)15(19-13)20(2)12-6-4-11(16)5-7-12/h4-10,17H,3H2,1-2H3. The number of hydrogen-bond acceptors (Lipinski definition) is 4. The van der Waals surface area contributed by atoms with Crippen molar-refractivity contribution in [3.8, 4) is 0 Å². The summed E-state index contributed by atoms with van der Waals surface area (Å²) in [5.41, 5.74) is 1.60. The number of nitrogens with zero attached hydrogens (tertiary/aromatic N) is 4. The van der Waals surface area contributed by atoms with Gasteiger partial charge in [-0.05, 0) is 31.2 Å². The molecule has 0 aliphatic carbocycles. The van der Waals surface area contributed by atoms with Crippen LogP contribution in [0.5, 0.6) is 0 Å². The smallest absolute Gasteiger partial charge is 0.180 e. The SMILES string of the molecule is CCNc1cn2ccnc2c(N(C)c2ccc(F)cc2)n1. The number of anilines is 3. The summed E-state index contributed by atoms with van der Waals surface area (Å²) in [4.78, 5) is 10.8. The number of benzene rings is 1. The highest BCUT2D eigenvalue weighted by Crippen LogP contribution is 2.26. The van der Waals surface area contributed by atoms with E-state index in [1.165, 1.54) is 12.1 Å². The van der Waals surface area contributed by atoms with Crippen molar-refractivity contribution in [2.24, 2.45) is 0 Å². The summed E-state index contributed by atoms with van der Waals surface area (Å²) in [5.74, 6) is 1.23. The molecule has 0 unspecified atom stereocenters. The predicted molar refractivity (Wildman–Crippen MR) is 81.6 cm³/mol. The molecule has 108 valence electrons. The van der Waals surface area contributed by atoms with Crippen LogP contribution in [-0.2, 0) is 0 Å². The molecule has 0 bridgehead atoms. The Morgan fingerprint density at radius 1 is 1.29 bits per heavy atom. The first kappa shape index (κ1) is 13.4. The van der Waals surface area contributed by atoms with Crippen molar-refractivity contribution in [1.82, 2.24) is 14.4 Å². The van der Waals surface area contributed by atoms with Crippen molar-refractivity contribution in [1.29, 1.82) is 0 Å². The van der Waals surface area contributed by atoms with Gasteiger partial charge in [0.1, 0.15) is 11.6 Å². The van der Waals surface area contributed by atoms with Crippen LogP contribution in [0.3, 0.4) is 0 Å². The summed E-state index contributed by atoms with van der Waals surface area (Å²) in [6.45, 7) is 2.80. The lowest BCUT2D eigenvalue weighted by Gasteiger charge is -2.20. The molecule has 0 atom stereocenters. The second-order valence-electron chi connectivity index (χ2n) is 4.67. The van der Waals surface area contributed by atoms with E-state index in [9.17, 15) is 4.39 Å². The van der Waals surface area contributed by atoms with Crippen LogP contribution in [0.25, 0.3) is 5.65 Å². The summed E-state index contributed by atoms with van der Waals surface area (Å²) < 4.78 is 15.0. The molecule has 6 heteroatoms. The quantitative estimate of drug-likeness (QED) is 0.800. The summed E-state index contributed by atoms with van der Waals surface area (Å²) in [5, 5.41) is 3.20. The number of hydrogen-bond donors (Lipinski definition) is 1. The van der Waals surface area contributed by atoms with E-state index < -0.39 is 0 Å². The number of fused-ring (bicyclic) bond motifs is 1. The fourth-order valence-corrected chi connectivity index (χ4v) is 2.19. The Morgan fingerprint density at radius 3 is 2.76 bits per heavy atom. The van der Waals surface area contributed by atoms with E-state index in [0.29, 0.717) is 5.82 Å². The van der Waals surface area contributed by atoms with Gasteiger partial charge in [-0.3, -0.25) is 0 Å². The predicted octanol–water partition coefficient (Wildman–Crippen LogP) is 3.07. The van der Waals surface area contributed by atoms with Crippen LogP contribution >= 0.6 is 0 Å². The Kier molecular flexibility index (Phi) is 3.43. The molecule has 0 aliphatic rings. The van der Waals surface area contributed by atoms with Crippen LogP contribution in [0.4, 0.5) is 21.7 Å². The number of halogens is 1. The molecule has 1 N–H and O–H groups in total. The zero-order chi connectivity index (χ0) is 14.8. The van der Waals surface area contributed by atoms with Crippen LogP contribution in [0.15, 0.2) is 42.9 Å². The lowest BCUT2D eigenvalue weighted by Crippen LogP contribution is -2.14. The number of aromatic nitrogens is 3. The molecule has 0 aliphatic heterocycles. The van der Waals surface area contributed by atoms with Gasteiger partial charge in [-0.25, -0.2) is 14.4 Å². The normalized spacial score (nSPS) is 10.8. The van der Waals surface area contributed by atoms with Crippen LogP contribution in [-0.4, -0.2) is 28.0 Å². The molecule has 3 rings (SSSR count). The van der Waals surface area contributed by atoms with E-state index in [1.54, 1.807) is 18.3 Å². The summed E-state index contributed by atoms with van der Waals surface area (Å²) in [6.07, 6.45) is 5.50. The Bertz CT molecular complexity index is 750. The minimum absolute atomic E-state index is 0.257. The Balaban J connectivity index is 2.09. The molecule has 2 aromatic heterocycles. The lowest BCUT2D eigenvalue weighted by molar-refractivity contribution is 0.628. The zero-order valence-electron chi connectivity index (χ0n) is 11.9. The maximum absolute atomic E-state index is 13.1. The fourth-order valence-electron chi connectivity index (χ4n) is 2.19. The van der Waals surface area contributed by atoms with Gasteiger partial charge in [0, 0.05) is 31.7 Å². The van der Waals surface area contributed by atoms with E-state index in [1.807, 2.05) is 35.7 Å². The van der Waals surface area contributed by atoms with Crippen molar-refractivity contribution in [2.75, 3.05) is 23.8 Å². The van der Waals surface area contributed by atoms with Gasteiger partial charge in [0.15, 0.2) is 11.5 Å². The minimum Gasteiger partial charge on any atom is -0.369 e. The average Bonchev–Trinajstić information content (AvgIpc) is 2.95. The third-order valence-corrected chi connectivity index (χ3v) is 3.25. The third kappa shape index (κ3) is 2.52. The zero-order valence-corrected chi connectivity index (χ0v) is 11.9. The topological polar surface area (TPSA) is 45.5 Å². The van der Waals surface area contributed by atoms with E-state index in [0.717, 1.165) is 23.7 Å². The number of imidazole rings is 1. The Labute approximate surface area is 122 Å². The fraction of sp³-hybridized carbons (Fsp3) is 0.200. The molecule has 0 spiro atoms. The van der Waals surface area contributed by atoms with Gasteiger partial charge in [-0.1, -0.05) is 0 Å². The Morgan fingerprint density at radius 2 is 2.05 bits per heavy atom. The van der Waals surface area contributed by atoms with Crippen molar-refractivity contribution < 1.29 is 4.39 Å². The molecule has 5 nitrogen and oxygen atoms in total. The number of nitrogens with one attached hydrogen (secondary N) is 1. The maximum Gasteiger partial charge on any atom is 0.180 e. The highest BCUT2D eigenvalue weighted by Gasteiger charge is 2.13. The minimum atomic E-state index is -0.257. The van der Waals surface area contributed by atoms with Crippen molar-refractivity contribution in [3.05, 3.63) is 48.7 Å². The second-order valence-corrected chi connectivity index (χ2v) is 4.67. The van der Waals surface area contributed by atoms with Gasteiger partial charge >= 0.3 is 0 Å². The largest absolute Gasteiger partial charge is 0.369 e. The van der Waals surface area contributed by atoms with Gasteiger partial charge < -0.3 is 14.6 Å². The summed E-state index contributed by atoms with van der Waals surface area (Å²) in [7, 11) is 1.89.